The first-order valence-corrected chi connectivity index (χ1v) is 17.7. The largest absolute Gasteiger partial charge is 0.476 e. The Morgan fingerprint density at radius 1 is 0.962 bits per heavy atom. The van der Waals surface area contributed by atoms with Crippen molar-refractivity contribution in [1.82, 2.24) is 35.0 Å². The van der Waals surface area contributed by atoms with Gasteiger partial charge in [-0.15, -0.1) is 5.10 Å². The monoisotopic (exact) mass is 751 g/mol. The molecule has 0 amide bonds. The third-order valence-electron chi connectivity index (χ3n) is 7.78. The van der Waals surface area contributed by atoms with E-state index in [-0.39, 0.29) is 29.2 Å². The average molecular weight is 752 g/mol. The summed E-state index contributed by atoms with van der Waals surface area (Å²) >= 11 is 0. The van der Waals surface area contributed by atoms with Gasteiger partial charge in [-0.25, -0.2) is 24.6 Å². The summed E-state index contributed by atoms with van der Waals surface area (Å²) in [6.07, 6.45) is 2.00. The predicted molar refractivity (Wildman–Crippen MR) is 184 cm³/mol. The fourth-order valence-electron chi connectivity index (χ4n) is 4.59. The van der Waals surface area contributed by atoms with E-state index in [0.29, 0.717) is 31.0 Å². The van der Waals surface area contributed by atoms with Gasteiger partial charge in [0.25, 0.3) is 10.0 Å². The molecule has 0 aliphatic carbocycles. The Morgan fingerprint density at radius 3 is 2.42 bits per heavy atom. The van der Waals surface area contributed by atoms with Crippen molar-refractivity contribution in [3.63, 3.8) is 0 Å². The van der Waals surface area contributed by atoms with Crippen LogP contribution in [-0.4, -0.2) is 83.6 Å². The second-order valence-electron chi connectivity index (χ2n) is 13.0. The molecular weight excluding hydrogens is 710 g/mol. The fourth-order valence-corrected chi connectivity index (χ4v) is 5.54. The third kappa shape index (κ3) is 10.3. The molecule has 0 saturated carbocycles. The number of carbonyl (C=O) groups excluding carboxylic acids is 1. The maximum atomic E-state index is 13.7. The normalized spacial score (nSPS) is 12.4. The van der Waals surface area contributed by atoms with E-state index in [0.717, 1.165) is 51.4 Å². The summed E-state index contributed by atoms with van der Waals surface area (Å²) in [6.45, 7) is 6.62. The summed E-state index contributed by atoms with van der Waals surface area (Å²) in [5, 5.41) is 10.2. The molecule has 0 atom stereocenters. The second-order valence-corrected chi connectivity index (χ2v) is 14.7. The second kappa shape index (κ2) is 16.6. The number of nitrogens with one attached hydrogen (secondary N) is 3. The smallest absolute Gasteiger partial charge is 0.397 e. The van der Waals surface area contributed by atoms with Crippen LogP contribution >= 0.6 is 0 Å². The van der Waals surface area contributed by atoms with Gasteiger partial charge in [0.05, 0.1) is 24.1 Å². The van der Waals surface area contributed by atoms with Crippen molar-refractivity contribution in [2.24, 2.45) is 10.8 Å². The number of unbranched alkanes of at least 4 members (excludes halogenated alkanes) is 2. The number of carbonyl (C=O) groups is 1. The van der Waals surface area contributed by atoms with Gasteiger partial charge in [-0.3, -0.25) is 9.52 Å². The molecule has 0 fully saturated rings. The third-order valence-corrected chi connectivity index (χ3v) is 9.03. The molecule has 0 radical (unpaired) electrons. The highest BCUT2D eigenvalue weighted by molar-refractivity contribution is 7.92. The van der Waals surface area contributed by atoms with Crippen LogP contribution in [0.25, 0.3) is 17.1 Å². The highest BCUT2D eigenvalue weighted by Crippen LogP contribution is 2.38. The van der Waals surface area contributed by atoms with Crippen molar-refractivity contribution in [3.8, 4) is 23.0 Å². The zero-order valence-electron chi connectivity index (χ0n) is 29.3. The van der Waals surface area contributed by atoms with Crippen LogP contribution in [0, 0.1) is 16.8 Å². The molecule has 0 aliphatic heterocycles. The van der Waals surface area contributed by atoms with Gasteiger partial charge < -0.3 is 20.1 Å². The molecule has 0 spiro atoms. The van der Waals surface area contributed by atoms with E-state index in [1.807, 2.05) is 0 Å². The van der Waals surface area contributed by atoms with E-state index in [9.17, 15) is 30.8 Å². The molecule has 282 valence electrons. The molecule has 3 N–H and O–H groups in total. The standard InChI is InChI=1S/C33H41F4N9O5S/c1-31(2,30(47)50-5)20-38-15-7-6-8-16-39-28-22(11-10-17-40-28)27-29(46-18-14-25(44-46)51-21-32(3,4)33(35,36)37)41-19-24(43-27)45-52(48,49)26-13-9-12-23(34)42-26/h9-14,17-19,38H,6-8,15-16,20-21H2,1-5H3,(H,39,40)(H,43,45). The van der Waals surface area contributed by atoms with Crippen LogP contribution in [0.1, 0.15) is 47.0 Å². The number of rotatable bonds is 18. The van der Waals surface area contributed by atoms with Crippen LogP contribution in [0.5, 0.6) is 5.88 Å². The number of ether oxygens (including phenoxy) is 2. The van der Waals surface area contributed by atoms with Crippen LogP contribution in [0.2, 0.25) is 0 Å². The molecule has 4 heterocycles. The van der Waals surface area contributed by atoms with Crippen molar-refractivity contribution in [2.75, 3.05) is 43.4 Å². The Balaban J connectivity index is 1.55. The summed E-state index contributed by atoms with van der Waals surface area (Å²) in [6, 6.07) is 7.98. The van der Waals surface area contributed by atoms with Crippen molar-refractivity contribution in [2.45, 2.75) is 58.2 Å². The van der Waals surface area contributed by atoms with Crippen LogP contribution in [0.15, 0.2) is 60.0 Å². The topological polar surface area (TPSA) is 175 Å². The Labute approximate surface area is 298 Å². The molecule has 4 aromatic heterocycles. The van der Waals surface area contributed by atoms with Crippen LogP contribution in [0.3, 0.4) is 0 Å². The summed E-state index contributed by atoms with van der Waals surface area (Å²) in [4.78, 5) is 28.6. The Morgan fingerprint density at radius 2 is 1.71 bits per heavy atom. The lowest BCUT2D eigenvalue weighted by Gasteiger charge is -2.26. The number of halogens is 4. The maximum absolute atomic E-state index is 13.7. The number of nitrogens with zero attached hydrogens (tertiary/aromatic N) is 6. The SMILES string of the molecule is COC(=O)C(C)(C)CNCCCCCNc1ncccc1-c1nc(NS(=O)(=O)c2cccc(F)n2)cnc1-n1ccc(OCC(C)(C)C(F)(F)F)n1. The number of methoxy groups -OCH3 is 1. The molecule has 19 heteroatoms. The molecule has 0 unspecified atom stereocenters. The van der Waals surface area contributed by atoms with Crippen LogP contribution < -0.4 is 20.1 Å². The Kier molecular flexibility index (Phi) is 12.7. The van der Waals surface area contributed by atoms with Gasteiger partial charge in [0, 0.05) is 37.1 Å². The van der Waals surface area contributed by atoms with E-state index >= 15 is 0 Å². The summed E-state index contributed by atoms with van der Waals surface area (Å²) in [7, 11) is -3.03. The number of alkyl halides is 3. The first-order chi connectivity index (χ1) is 24.4. The molecule has 14 nitrogen and oxygen atoms in total. The molecule has 0 bridgehead atoms. The van der Waals surface area contributed by atoms with Gasteiger partial charge >= 0.3 is 12.1 Å². The van der Waals surface area contributed by atoms with E-state index in [2.05, 4.69) is 40.4 Å². The number of pyridine rings is 2. The van der Waals surface area contributed by atoms with Gasteiger partial charge in [0.15, 0.2) is 16.7 Å². The molecule has 0 aromatic carbocycles. The minimum atomic E-state index is -4.51. The lowest BCUT2D eigenvalue weighted by atomic mass is 9.94. The van der Waals surface area contributed by atoms with Crippen LogP contribution in [-0.2, 0) is 19.6 Å². The molecule has 0 aliphatic rings. The summed E-state index contributed by atoms with van der Waals surface area (Å²) in [5.41, 5.74) is -2.29. The zero-order chi connectivity index (χ0) is 38.2. The van der Waals surface area contributed by atoms with Crippen molar-refractivity contribution in [3.05, 3.63) is 60.9 Å². The number of hydrogen-bond donors (Lipinski definition) is 3. The molecular formula is C33H41F4N9O5S. The first-order valence-electron chi connectivity index (χ1n) is 16.2. The highest BCUT2D eigenvalue weighted by atomic mass is 32.2. The maximum Gasteiger partial charge on any atom is 0.397 e. The van der Waals surface area contributed by atoms with E-state index in [4.69, 9.17) is 9.47 Å². The predicted octanol–water partition coefficient (Wildman–Crippen LogP) is 5.40. The van der Waals surface area contributed by atoms with Crippen molar-refractivity contribution in [1.29, 1.82) is 0 Å². The van der Waals surface area contributed by atoms with E-state index in [1.54, 1.807) is 32.2 Å². The Bertz CT molecular complexity index is 1940. The van der Waals surface area contributed by atoms with Gasteiger partial charge in [0.1, 0.15) is 18.1 Å². The van der Waals surface area contributed by atoms with Crippen molar-refractivity contribution < 1.29 is 40.2 Å². The zero-order valence-corrected chi connectivity index (χ0v) is 30.1. The molecule has 4 aromatic rings. The summed E-state index contributed by atoms with van der Waals surface area (Å²) in [5.74, 6) is -1.17. The quantitative estimate of drug-likeness (QED) is 0.0512. The Hall–Kier alpha value is -4.91. The number of hydrogen-bond acceptors (Lipinski definition) is 12. The molecule has 4 rings (SSSR count). The van der Waals surface area contributed by atoms with Gasteiger partial charge in [0.2, 0.25) is 11.8 Å². The average Bonchev–Trinajstić information content (AvgIpc) is 3.56. The lowest BCUT2D eigenvalue weighted by molar-refractivity contribution is -0.219. The molecule has 0 saturated heterocycles. The highest BCUT2D eigenvalue weighted by Gasteiger charge is 2.48. The van der Waals surface area contributed by atoms with E-state index < -0.39 is 44.6 Å². The number of esters is 1. The van der Waals surface area contributed by atoms with Crippen molar-refractivity contribution >= 4 is 27.6 Å². The number of aromatic nitrogens is 6. The summed E-state index contributed by atoms with van der Waals surface area (Å²) < 4.78 is 93.7. The molecule has 52 heavy (non-hydrogen) atoms. The fraction of sp³-hybridized carbons (Fsp3) is 0.455. The van der Waals surface area contributed by atoms with Gasteiger partial charge in [-0.1, -0.05) is 12.5 Å². The van der Waals surface area contributed by atoms with E-state index in [1.165, 1.54) is 30.1 Å². The first kappa shape index (κ1) is 39.9. The lowest BCUT2D eigenvalue weighted by Crippen LogP contribution is -2.37. The van der Waals surface area contributed by atoms with Gasteiger partial charge in [-0.2, -0.15) is 26.0 Å². The van der Waals surface area contributed by atoms with Gasteiger partial charge in [-0.05, 0) is 71.3 Å². The minimum Gasteiger partial charge on any atom is -0.476 e. The minimum absolute atomic E-state index is 0.0776. The number of sulfonamides is 1. The number of anilines is 2. The van der Waals surface area contributed by atoms with Crippen LogP contribution in [0.4, 0.5) is 29.2 Å².